The molecule has 1 aromatic heterocycles. The van der Waals surface area contributed by atoms with Crippen LogP contribution in [0, 0.1) is 0 Å². The Hall–Kier alpha value is -2.66. The number of hydrogen-bond acceptors (Lipinski definition) is 3. The maximum Gasteiger partial charge on any atom is 0.123 e. The van der Waals surface area contributed by atoms with Crippen LogP contribution in [0.3, 0.4) is 0 Å². The van der Waals surface area contributed by atoms with E-state index >= 15 is 0 Å². The van der Waals surface area contributed by atoms with E-state index in [1.807, 2.05) is 34.9 Å². The minimum Gasteiger partial charge on any atom is -0.395 e. The van der Waals surface area contributed by atoms with Crippen molar-refractivity contribution in [3.8, 4) is 0 Å². The highest BCUT2D eigenvalue weighted by atomic mass is 35.5. The molecule has 4 nitrogen and oxygen atoms in total. The van der Waals surface area contributed by atoms with E-state index in [2.05, 4.69) is 53.8 Å². The molecule has 0 saturated heterocycles. The molecular formula is C23H22ClN3O. The van der Waals surface area contributed by atoms with Crippen LogP contribution in [-0.4, -0.2) is 21.3 Å². The van der Waals surface area contributed by atoms with Gasteiger partial charge in [0.15, 0.2) is 0 Å². The molecule has 142 valence electrons. The second-order valence-corrected chi connectivity index (χ2v) is 7.11. The predicted molar refractivity (Wildman–Crippen MR) is 113 cm³/mol. The molecule has 2 N–H and O–H groups in total. The van der Waals surface area contributed by atoms with Gasteiger partial charge in [-0.3, -0.25) is 5.32 Å². The van der Waals surface area contributed by atoms with Gasteiger partial charge in [0.1, 0.15) is 5.82 Å². The normalized spacial score (nSPS) is 11.4. The lowest BCUT2D eigenvalue weighted by Crippen LogP contribution is -2.24. The Kier molecular flexibility index (Phi) is 5.72. The Labute approximate surface area is 169 Å². The molecule has 3 aromatic carbocycles. The standard InChI is InChI=1S/C23H22ClN3O/c24-19-11-12-20-21(15-19)27(13-14-28)22(26-20)16-25-23(17-7-3-1-4-8-17)18-9-5-2-6-10-18/h1-12,15,23,25,28H,13-14,16H2. The molecule has 0 unspecified atom stereocenters. The average Bonchev–Trinajstić information content (AvgIpc) is 3.07. The number of aromatic nitrogens is 2. The van der Waals surface area contributed by atoms with Gasteiger partial charge in [-0.2, -0.15) is 0 Å². The zero-order valence-electron chi connectivity index (χ0n) is 15.4. The van der Waals surface area contributed by atoms with Crippen LogP contribution in [-0.2, 0) is 13.1 Å². The van der Waals surface area contributed by atoms with E-state index in [0.717, 1.165) is 16.9 Å². The molecule has 28 heavy (non-hydrogen) atoms. The summed E-state index contributed by atoms with van der Waals surface area (Å²) in [6.45, 7) is 1.10. The van der Waals surface area contributed by atoms with Crippen LogP contribution in [0.2, 0.25) is 5.02 Å². The van der Waals surface area contributed by atoms with Crippen molar-refractivity contribution in [1.82, 2.24) is 14.9 Å². The number of halogens is 1. The van der Waals surface area contributed by atoms with E-state index in [4.69, 9.17) is 16.6 Å². The van der Waals surface area contributed by atoms with Crippen molar-refractivity contribution in [2.75, 3.05) is 6.61 Å². The van der Waals surface area contributed by atoms with Gasteiger partial charge in [-0.05, 0) is 29.3 Å². The molecule has 0 amide bonds. The third-order valence-corrected chi connectivity index (χ3v) is 5.08. The van der Waals surface area contributed by atoms with Gasteiger partial charge in [-0.1, -0.05) is 72.3 Å². The van der Waals surface area contributed by atoms with E-state index in [1.165, 1.54) is 11.1 Å². The van der Waals surface area contributed by atoms with Gasteiger partial charge in [-0.15, -0.1) is 0 Å². The minimum atomic E-state index is 0.0474. The summed E-state index contributed by atoms with van der Waals surface area (Å²) in [5.74, 6) is 0.878. The van der Waals surface area contributed by atoms with Crippen LogP contribution in [0.4, 0.5) is 0 Å². The highest BCUT2D eigenvalue weighted by molar-refractivity contribution is 6.31. The summed E-state index contributed by atoms with van der Waals surface area (Å²) in [5.41, 5.74) is 4.21. The number of nitrogens with one attached hydrogen (secondary N) is 1. The second kappa shape index (κ2) is 8.57. The Bertz CT molecular complexity index is 1010. The number of hydrogen-bond donors (Lipinski definition) is 2. The SMILES string of the molecule is OCCn1c(CNC(c2ccccc2)c2ccccc2)nc2ccc(Cl)cc21. The van der Waals surface area contributed by atoms with Gasteiger partial charge in [0.05, 0.1) is 30.2 Å². The zero-order valence-corrected chi connectivity index (χ0v) is 16.2. The molecule has 0 fully saturated rings. The topological polar surface area (TPSA) is 50.1 Å². The molecule has 4 rings (SSSR count). The largest absolute Gasteiger partial charge is 0.395 e. The van der Waals surface area contributed by atoms with Crippen molar-refractivity contribution in [1.29, 1.82) is 0 Å². The van der Waals surface area contributed by atoms with E-state index in [1.54, 1.807) is 0 Å². The van der Waals surface area contributed by atoms with Gasteiger partial charge < -0.3 is 9.67 Å². The number of rotatable bonds is 7. The molecule has 0 bridgehead atoms. The molecule has 0 aliphatic heterocycles. The maximum absolute atomic E-state index is 9.52. The summed E-state index contributed by atoms with van der Waals surface area (Å²) in [4.78, 5) is 4.76. The molecule has 5 heteroatoms. The van der Waals surface area contributed by atoms with Crippen LogP contribution in [0.1, 0.15) is 23.0 Å². The summed E-state index contributed by atoms with van der Waals surface area (Å²) >= 11 is 6.17. The van der Waals surface area contributed by atoms with Crippen LogP contribution in [0.15, 0.2) is 78.9 Å². The number of benzene rings is 3. The quantitative estimate of drug-likeness (QED) is 0.485. The van der Waals surface area contributed by atoms with E-state index in [0.29, 0.717) is 18.1 Å². The minimum absolute atomic E-state index is 0.0474. The van der Waals surface area contributed by atoms with Crippen molar-refractivity contribution in [3.63, 3.8) is 0 Å². The monoisotopic (exact) mass is 391 g/mol. The van der Waals surface area contributed by atoms with Crippen LogP contribution in [0.5, 0.6) is 0 Å². The smallest absolute Gasteiger partial charge is 0.123 e. The van der Waals surface area contributed by atoms with Crippen LogP contribution in [0.25, 0.3) is 11.0 Å². The average molecular weight is 392 g/mol. The lowest BCUT2D eigenvalue weighted by atomic mass is 9.99. The molecular weight excluding hydrogens is 370 g/mol. The van der Waals surface area contributed by atoms with Crippen molar-refractivity contribution in [3.05, 3.63) is 101 Å². The summed E-state index contributed by atoms with van der Waals surface area (Å²) in [5, 5.41) is 13.8. The van der Waals surface area contributed by atoms with Crippen molar-refractivity contribution < 1.29 is 5.11 Å². The maximum atomic E-state index is 9.52. The van der Waals surface area contributed by atoms with Crippen molar-refractivity contribution in [2.24, 2.45) is 0 Å². The molecule has 1 heterocycles. The van der Waals surface area contributed by atoms with E-state index in [9.17, 15) is 5.11 Å². The highest BCUT2D eigenvalue weighted by Gasteiger charge is 2.16. The fourth-order valence-electron chi connectivity index (χ4n) is 3.54. The van der Waals surface area contributed by atoms with E-state index < -0.39 is 0 Å². The fourth-order valence-corrected chi connectivity index (χ4v) is 3.71. The lowest BCUT2D eigenvalue weighted by molar-refractivity contribution is 0.275. The number of aliphatic hydroxyl groups excluding tert-OH is 1. The van der Waals surface area contributed by atoms with E-state index in [-0.39, 0.29) is 12.6 Å². The van der Waals surface area contributed by atoms with Crippen molar-refractivity contribution in [2.45, 2.75) is 19.1 Å². The number of aliphatic hydroxyl groups is 1. The van der Waals surface area contributed by atoms with Gasteiger partial charge in [0.2, 0.25) is 0 Å². The van der Waals surface area contributed by atoms with Gasteiger partial charge in [0, 0.05) is 11.6 Å². The lowest BCUT2D eigenvalue weighted by Gasteiger charge is -2.20. The summed E-state index contributed by atoms with van der Waals surface area (Å²) in [6, 6.07) is 26.5. The molecule has 0 radical (unpaired) electrons. The zero-order chi connectivity index (χ0) is 19.3. The Morgan fingerprint density at radius 3 is 2.18 bits per heavy atom. The van der Waals surface area contributed by atoms with Crippen LogP contribution < -0.4 is 5.32 Å². The van der Waals surface area contributed by atoms with Crippen LogP contribution >= 0.6 is 11.6 Å². The number of nitrogens with zero attached hydrogens (tertiary/aromatic N) is 2. The van der Waals surface area contributed by atoms with Gasteiger partial charge in [0.25, 0.3) is 0 Å². The number of imidazole rings is 1. The first-order valence-electron chi connectivity index (χ1n) is 9.35. The molecule has 0 atom stereocenters. The second-order valence-electron chi connectivity index (χ2n) is 6.67. The first kappa shape index (κ1) is 18.7. The summed E-state index contributed by atoms with van der Waals surface area (Å²) in [7, 11) is 0. The molecule has 4 aromatic rings. The molecule has 0 spiro atoms. The summed E-state index contributed by atoms with van der Waals surface area (Å²) in [6.07, 6.45) is 0. The first-order chi connectivity index (χ1) is 13.8. The Morgan fingerprint density at radius 2 is 1.57 bits per heavy atom. The van der Waals surface area contributed by atoms with Crippen molar-refractivity contribution >= 4 is 22.6 Å². The fraction of sp³-hybridized carbons (Fsp3) is 0.174. The Morgan fingerprint density at radius 1 is 0.929 bits per heavy atom. The highest BCUT2D eigenvalue weighted by Crippen LogP contribution is 2.24. The number of fused-ring (bicyclic) bond motifs is 1. The molecule has 0 saturated carbocycles. The summed E-state index contributed by atoms with van der Waals surface area (Å²) < 4.78 is 2.03. The van der Waals surface area contributed by atoms with Gasteiger partial charge >= 0.3 is 0 Å². The third-order valence-electron chi connectivity index (χ3n) is 4.84. The first-order valence-corrected chi connectivity index (χ1v) is 9.73. The third kappa shape index (κ3) is 3.94. The Balaban J connectivity index is 1.67. The predicted octanol–water partition coefficient (Wildman–Crippen LogP) is 4.56. The van der Waals surface area contributed by atoms with Gasteiger partial charge in [-0.25, -0.2) is 4.98 Å². The molecule has 0 aliphatic carbocycles. The molecule has 0 aliphatic rings.